The molecule has 0 aromatic carbocycles. The number of nitrogens with one attached hydrogen (secondary N) is 1. The standard InChI is InChI=1S/C13H13BrN2O3/c1-8-11(13(17)18-2)5-10(19-8)7-15-9-3-4-12(14)16-6-9/h3-6,15H,7H2,1-2H3. The summed E-state index contributed by atoms with van der Waals surface area (Å²) in [5, 5.41) is 3.16. The summed E-state index contributed by atoms with van der Waals surface area (Å²) >= 11 is 3.27. The maximum absolute atomic E-state index is 11.4. The number of carbonyl (C=O) groups excluding carboxylic acids is 1. The van der Waals surface area contributed by atoms with Crippen LogP contribution in [0.15, 0.2) is 33.4 Å². The van der Waals surface area contributed by atoms with Gasteiger partial charge in [-0.05, 0) is 41.1 Å². The highest BCUT2D eigenvalue weighted by Crippen LogP contribution is 2.17. The number of pyridine rings is 1. The second-order valence-electron chi connectivity index (χ2n) is 3.90. The van der Waals surface area contributed by atoms with E-state index in [1.165, 1.54) is 7.11 Å². The summed E-state index contributed by atoms with van der Waals surface area (Å²) in [5.74, 6) is 0.830. The molecule has 6 heteroatoms. The Morgan fingerprint density at radius 3 is 2.95 bits per heavy atom. The molecule has 0 aliphatic heterocycles. The van der Waals surface area contributed by atoms with Gasteiger partial charge in [-0.3, -0.25) is 0 Å². The van der Waals surface area contributed by atoms with Crippen LogP contribution in [0.3, 0.4) is 0 Å². The lowest BCUT2D eigenvalue weighted by atomic mass is 10.2. The number of furan rings is 1. The number of halogens is 1. The minimum Gasteiger partial charge on any atom is -0.465 e. The van der Waals surface area contributed by atoms with Crippen LogP contribution in [0.4, 0.5) is 5.69 Å². The van der Waals surface area contributed by atoms with Crippen molar-refractivity contribution in [3.8, 4) is 0 Å². The number of aryl methyl sites for hydroxylation is 1. The summed E-state index contributed by atoms with van der Waals surface area (Å²) in [4.78, 5) is 15.5. The van der Waals surface area contributed by atoms with E-state index in [9.17, 15) is 4.79 Å². The molecule has 2 aromatic rings. The lowest BCUT2D eigenvalue weighted by molar-refractivity contribution is 0.0599. The third-order valence-corrected chi connectivity index (χ3v) is 3.04. The molecule has 0 bridgehead atoms. The molecule has 0 amide bonds. The van der Waals surface area contributed by atoms with Crippen LogP contribution in [-0.2, 0) is 11.3 Å². The van der Waals surface area contributed by atoms with Gasteiger partial charge in [0.25, 0.3) is 0 Å². The fourth-order valence-electron chi connectivity index (χ4n) is 1.61. The Labute approximate surface area is 119 Å². The first-order valence-corrected chi connectivity index (χ1v) is 6.42. The van der Waals surface area contributed by atoms with Crippen molar-refractivity contribution in [1.82, 2.24) is 4.98 Å². The predicted molar refractivity (Wildman–Crippen MR) is 74.0 cm³/mol. The zero-order chi connectivity index (χ0) is 13.8. The van der Waals surface area contributed by atoms with Gasteiger partial charge in [0, 0.05) is 0 Å². The van der Waals surface area contributed by atoms with Crippen molar-refractivity contribution in [1.29, 1.82) is 0 Å². The number of methoxy groups -OCH3 is 1. The Kier molecular flexibility index (Phi) is 4.21. The highest BCUT2D eigenvalue weighted by Gasteiger charge is 2.14. The van der Waals surface area contributed by atoms with Gasteiger partial charge in [-0.25, -0.2) is 9.78 Å². The third kappa shape index (κ3) is 3.35. The van der Waals surface area contributed by atoms with Crippen LogP contribution in [0.2, 0.25) is 0 Å². The minimum atomic E-state index is -0.391. The van der Waals surface area contributed by atoms with E-state index >= 15 is 0 Å². The summed E-state index contributed by atoms with van der Waals surface area (Å²) in [5.41, 5.74) is 1.32. The van der Waals surface area contributed by atoms with Crippen LogP contribution in [0.5, 0.6) is 0 Å². The molecule has 0 fully saturated rings. The molecule has 100 valence electrons. The molecule has 1 N–H and O–H groups in total. The van der Waals surface area contributed by atoms with Crippen LogP contribution in [0, 0.1) is 6.92 Å². The van der Waals surface area contributed by atoms with E-state index < -0.39 is 5.97 Å². The summed E-state index contributed by atoms with van der Waals surface area (Å²) in [7, 11) is 1.35. The van der Waals surface area contributed by atoms with Gasteiger partial charge in [0.15, 0.2) is 0 Å². The van der Waals surface area contributed by atoms with Crippen molar-refractivity contribution < 1.29 is 13.9 Å². The van der Waals surface area contributed by atoms with Crippen molar-refractivity contribution >= 4 is 27.6 Å². The average Bonchev–Trinajstić information content (AvgIpc) is 2.78. The molecule has 0 atom stereocenters. The molecule has 0 saturated heterocycles. The first-order valence-electron chi connectivity index (χ1n) is 5.63. The first kappa shape index (κ1) is 13.6. The van der Waals surface area contributed by atoms with Crippen LogP contribution < -0.4 is 5.32 Å². The van der Waals surface area contributed by atoms with Crippen molar-refractivity contribution in [3.05, 3.63) is 46.1 Å². The maximum atomic E-state index is 11.4. The Hall–Kier alpha value is -1.82. The Bertz CT molecular complexity index is 578. The number of esters is 1. The largest absolute Gasteiger partial charge is 0.465 e. The molecule has 0 aliphatic rings. The van der Waals surface area contributed by atoms with Gasteiger partial charge in [0.05, 0.1) is 25.5 Å². The molecule has 19 heavy (non-hydrogen) atoms. The zero-order valence-electron chi connectivity index (χ0n) is 10.6. The van der Waals surface area contributed by atoms with Gasteiger partial charge in [0.2, 0.25) is 0 Å². The van der Waals surface area contributed by atoms with Crippen molar-refractivity contribution in [3.63, 3.8) is 0 Å². The highest BCUT2D eigenvalue weighted by molar-refractivity contribution is 9.10. The van der Waals surface area contributed by atoms with E-state index in [1.807, 2.05) is 12.1 Å². The van der Waals surface area contributed by atoms with Gasteiger partial charge in [-0.15, -0.1) is 0 Å². The van der Waals surface area contributed by atoms with Crippen LogP contribution in [0.1, 0.15) is 21.9 Å². The lowest BCUT2D eigenvalue weighted by Crippen LogP contribution is -2.01. The normalized spacial score (nSPS) is 10.3. The Morgan fingerprint density at radius 1 is 1.53 bits per heavy atom. The number of rotatable bonds is 4. The summed E-state index contributed by atoms with van der Waals surface area (Å²) in [6.45, 7) is 2.21. The van der Waals surface area contributed by atoms with Gasteiger partial charge in [-0.1, -0.05) is 0 Å². The number of ether oxygens (including phenoxy) is 1. The molecule has 0 spiro atoms. The summed E-state index contributed by atoms with van der Waals surface area (Å²) < 4.78 is 10.9. The zero-order valence-corrected chi connectivity index (χ0v) is 12.2. The number of hydrogen-bond acceptors (Lipinski definition) is 5. The molecule has 5 nitrogen and oxygen atoms in total. The molecule has 0 saturated carbocycles. The Morgan fingerprint density at radius 2 is 2.32 bits per heavy atom. The third-order valence-electron chi connectivity index (χ3n) is 2.57. The van der Waals surface area contributed by atoms with Crippen LogP contribution >= 0.6 is 15.9 Å². The van der Waals surface area contributed by atoms with E-state index in [4.69, 9.17) is 4.42 Å². The first-order chi connectivity index (χ1) is 9.10. The predicted octanol–water partition coefficient (Wildman–Crippen LogP) is 3.14. The SMILES string of the molecule is COC(=O)c1cc(CNc2ccc(Br)nc2)oc1C. The molecule has 2 heterocycles. The minimum absolute atomic E-state index is 0.391. The number of carbonyl (C=O) groups is 1. The smallest absolute Gasteiger partial charge is 0.341 e. The topological polar surface area (TPSA) is 64.4 Å². The summed E-state index contributed by atoms with van der Waals surface area (Å²) in [6.07, 6.45) is 1.71. The lowest BCUT2D eigenvalue weighted by Gasteiger charge is -2.03. The highest BCUT2D eigenvalue weighted by atomic mass is 79.9. The second kappa shape index (κ2) is 5.88. The number of aromatic nitrogens is 1. The van der Waals surface area contributed by atoms with Gasteiger partial charge < -0.3 is 14.5 Å². The van der Waals surface area contributed by atoms with Crippen molar-refractivity contribution in [2.24, 2.45) is 0 Å². The van der Waals surface area contributed by atoms with E-state index in [2.05, 4.69) is 31.0 Å². The van der Waals surface area contributed by atoms with E-state index in [0.717, 1.165) is 10.3 Å². The molecular weight excluding hydrogens is 312 g/mol. The fourth-order valence-corrected chi connectivity index (χ4v) is 1.85. The quantitative estimate of drug-likeness (QED) is 0.691. The van der Waals surface area contributed by atoms with E-state index in [1.54, 1.807) is 19.2 Å². The number of nitrogens with zero attached hydrogens (tertiary/aromatic N) is 1. The molecule has 0 radical (unpaired) electrons. The number of anilines is 1. The number of hydrogen-bond donors (Lipinski definition) is 1. The van der Waals surface area contributed by atoms with Gasteiger partial charge >= 0.3 is 5.97 Å². The molecular formula is C13H13BrN2O3. The van der Waals surface area contributed by atoms with Crippen LogP contribution in [-0.4, -0.2) is 18.1 Å². The second-order valence-corrected chi connectivity index (χ2v) is 4.71. The molecule has 0 aliphatic carbocycles. The average molecular weight is 325 g/mol. The molecule has 0 unspecified atom stereocenters. The van der Waals surface area contributed by atoms with Gasteiger partial charge in [0.1, 0.15) is 21.7 Å². The van der Waals surface area contributed by atoms with E-state index in [-0.39, 0.29) is 0 Å². The van der Waals surface area contributed by atoms with Gasteiger partial charge in [-0.2, -0.15) is 0 Å². The summed E-state index contributed by atoms with van der Waals surface area (Å²) in [6, 6.07) is 5.42. The molecule has 2 aromatic heterocycles. The fraction of sp³-hybridized carbons (Fsp3) is 0.231. The monoisotopic (exact) mass is 324 g/mol. The van der Waals surface area contributed by atoms with Crippen LogP contribution in [0.25, 0.3) is 0 Å². The van der Waals surface area contributed by atoms with Crippen molar-refractivity contribution in [2.45, 2.75) is 13.5 Å². The Balaban J connectivity index is 2.04. The molecule has 2 rings (SSSR count). The maximum Gasteiger partial charge on any atom is 0.341 e. The van der Waals surface area contributed by atoms with Crippen molar-refractivity contribution in [2.75, 3.05) is 12.4 Å². The van der Waals surface area contributed by atoms with E-state index in [0.29, 0.717) is 23.6 Å².